The summed E-state index contributed by atoms with van der Waals surface area (Å²) in [7, 11) is 1.33. The Hall–Kier alpha value is -4.03. The monoisotopic (exact) mass is 471 g/mol. The van der Waals surface area contributed by atoms with Crippen LogP contribution in [0.1, 0.15) is 33.2 Å². The van der Waals surface area contributed by atoms with Gasteiger partial charge in [-0.25, -0.2) is 9.59 Å². The van der Waals surface area contributed by atoms with Crippen LogP contribution in [0.4, 0.5) is 10.5 Å². The van der Waals surface area contributed by atoms with Gasteiger partial charge in [-0.15, -0.1) is 0 Å². The van der Waals surface area contributed by atoms with E-state index >= 15 is 0 Å². The van der Waals surface area contributed by atoms with Crippen LogP contribution in [0.5, 0.6) is 0 Å². The smallest absolute Gasteiger partial charge is 0.337 e. The van der Waals surface area contributed by atoms with Crippen LogP contribution in [0.25, 0.3) is 5.69 Å². The van der Waals surface area contributed by atoms with Crippen molar-refractivity contribution in [3.63, 3.8) is 0 Å². The SMILES string of the molecule is COC(=O)c1ccc(NC(=O)N2Cc3ccccc3-n3cccc3[C@@H]2c2ccccc2Cl)cc1. The van der Waals surface area contributed by atoms with Crippen LogP contribution in [0.15, 0.2) is 91.1 Å². The number of hydrogen-bond donors (Lipinski definition) is 1. The van der Waals surface area contributed by atoms with Crippen molar-refractivity contribution >= 4 is 29.3 Å². The minimum absolute atomic E-state index is 0.278. The Balaban J connectivity index is 1.57. The molecule has 0 aliphatic carbocycles. The standard InChI is InChI=1S/C27H22ClN3O3/c1-34-26(32)18-12-14-20(15-13-18)29-27(33)31-17-19-7-2-5-10-23(19)30-16-6-11-24(30)25(31)21-8-3-4-9-22(21)28/h2-16,25H,17H2,1H3,(H,29,33)/t25-/m0/s1. The number of ether oxygens (including phenoxy) is 1. The molecule has 1 aliphatic rings. The van der Waals surface area contributed by atoms with Crippen LogP contribution < -0.4 is 5.32 Å². The molecule has 0 saturated carbocycles. The highest BCUT2D eigenvalue weighted by atomic mass is 35.5. The summed E-state index contributed by atoms with van der Waals surface area (Å²) >= 11 is 6.64. The number of rotatable bonds is 3. The zero-order valence-electron chi connectivity index (χ0n) is 18.4. The third-order valence-corrected chi connectivity index (χ3v) is 6.33. The molecule has 0 saturated heterocycles. The number of amides is 2. The van der Waals surface area contributed by atoms with Crippen molar-refractivity contribution in [1.82, 2.24) is 9.47 Å². The van der Waals surface area contributed by atoms with Crippen LogP contribution in [0.3, 0.4) is 0 Å². The van der Waals surface area contributed by atoms with Crippen molar-refractivity contribution in [3.8, 4) is 5.69 Å². The van der Waals surface area contributed by atoms with Gasteiger partial charge in [0, 0.05) is 16.9 Å². The van der Waals surface area contributed by atoms with E-state index in [0.29, 0.717) is 22.8 Å². The zero-order valence-corrected chi connectivity index (χ0v) is 19.2. The van der Waals surface area contributed by atoms with Gasteiger partial charge >= 0.3 is 12.0 Å². The fraction of sp³-hybridized carbons (Fsp3) is 0.111. The predicted octanol–water partition coefficient (Wildman–Crippen LogP) is 6.05. The number of carbonyl (C=O) groups excluding carboxylic acids is 2. The van der Waals surface area contributed by atoms with Gasteiger partial charge in [0.2, 0.25) is 0 Å². The van der Waals surface area contributed by atoms with E-state index in [-0.39, 0.29) is 6.03 Å². The summed E-state index contributed by atoms with van der Waals surface area (Å²) in [6.45, 7) is 0.389. The first kappa shape index (κ1) is 21.8. The molecule has 7 heteroatoms. The molecule has 0 unspecified atom stereocenters. The second-order valence-electron chi connectivity index (χ2n) is 7.98. The van der Waals surface area contributed by atoms with Gasteiger partial charge in [-0.05, 0) is 59.7 Å². The number of esters is 1. The van der Waals surface area contributed by atoms with E-state index in [4.69, 9.17) is 16.3 Å². The van der Waals surface area contributed by atoms with Gasteiger partial charge < -0.3 is 19.5 Å². The van der Waals surface area contributed by atoms with Gasteiger partial charge in [-0.3, -0.25) is 0 Å². The lowest BCUT2D eigenvalue weighted by molar-refractivity contribution is 0.0600. The number of benzene rings is 3. The first-order chi connectivity index (χ1) is 16.6. The van der Waals surface area contributed by atoms with E-state index in [1.54, 1.807) is 29.2 Å². The van der Waals surface area contributed by atoms with E-state index in [1.807, 2.05) is 60.8 Å². The number of nitrogens with one attached hydrogen (secondary N) is 1. The molecular weight excluding hydrogens is 450 g/mol. The van der Waals surface area contributed by atoms with E-state index in [2.05, 4.69) is 16.0 Å². The number of urea groups is 1. The fourth-order valence-corrected chi connectivity index (χ4v) is 4.61. The maximum Gasteiger partial charge on any atom is 0.337 e. The summed E-state index contributed by atoms with van der Waals surface area (Å²) in [6.07, 6.45) is 2.00. The molecule has 1 atom stereocenters. The molecule has 0 bridgehead atoms. The Morgan fingerprint density at radius 3 is 2.44 bits per heavy atom. The van der Waals surface area contributed by atoms with Crippen molar-refractivity contribution < 1.29 is 14.3 Å². The average Bonchev–Trinajstić information content (AvgIpc) is 3.29. The van der Waals surface area contributed by atoms with Crippen molar-refractivity contribution in [2.45, 2.75) is 12.6 Å². The highest BCUT2D eigenvalue weighted by Crippen LogP contribution is 2.39. The van der Waals surface area contributed by atoms with Crippen molar-refractivity contribution in [2.75, 3.05) is 12.4 Å². The summed E-state index contributed by atoms with van der Waals surface area (Å²) in [5.74, 6) is -0.429. The molecule has 2 heterocycles. The molecule has 0 fully saturated rings. The number of nitrogens with zero attached hydrogens (tertiary/aromatic N) is 2. The molecule has 6 nitrogen and oxygen atoms in total. The maximum absolute atomic E-state index is 13.7. The summed E-state index contributed by atoms with van der Waals surface area (Å²) in [5.41, 5.74) is 4.81. The van der Waals surface area contributed by atoms with Gasteiger partial charge in [0.15, 0.2) is 0 Å². The Kier molecular flexibility index (Phi) is 5.82. The van der Waals surface area contributed by atoms with Crippen LogP contribution in [-0.4, -0.2) is 28.6 Å². The van der Waals surface area contributed by atoms with Crippen LogP contribution in [-0.2, 0) is 11.3 Å². The summed E-state index contributed by atoms with van der Waals surface area (Å²) in [4.78, 5) is 27.2. The molecule has 170 valence electrons. The molecule has 1 aromatic heterocycles. The summed E-state index contributed by atoms with van der Waals surface area (Å²) < 4.78 is 6.86. The first-order valence-electron chi connectivity index (χ1n) is 10.8. The molecule has 34 heavy (non-hydrogen) atoms. The Morgan fingerprint density at radius 2 is 1.68 bits per heavy atom. The molecule has 3 aromatic carbocycles. The molecule has 2 amide bonds. The van der Waals surface area contributed by atoms with Crippen molar-refractivity contribution in [2.24, 2.45) is 0 Å². The van der Waals surface area contributed by atoms with Gasteiger partial charge in [0.05, 0.1) is 30.6 Å². The quantitative estimate of drug-likeness (QED) is 0.370. The first-order valence-corrected chi connectivity index (χ1v) is 11.2. The topological polar surface area (TPSA) is 63.6 Å². The number of hydrogen-bond acceptors (Lipinski definition) is 3. The van der Waals surface area contributed by atoms with E-state index < -0.39 is 12.0 Å². The second-order valence-corrected chi connectivity index (χ2v) is 8.39. The Labute approximate surface area is 202 Å². The normalized spacial score (nSPS) is 14.5. The molecule has 0 radical (unpaired) electrons. The third kappa shape index (κ3) is 3.93. The minimum atomic E-state index is -0.429. The van der Waals surface area contributed by atoms with Gasteiger partial charge in [0.25, 0.3) is 0 Å². The summed E-state index contributed by atoms with van der Waals surface area (Å²) in [5, 5.41) is 3.57. The highest BCUT2D eigenvalue weighted by Gasteiger charge is 2.34. The van der Waals surface area contributed by atoms with Crippen LogP contribution in [0, 0.1) is 0 Å². The minimum Gasteiger partial charge on any atom is -0.465 e. The number of halogens is 1. The maximum atomic E-state index is 13.7. The summed E-state index contributed by atoms with van der Waals surface area (Å²) in [6, 6.07) is 25.5. The second kappa shape index (κ2) is 9.08. The lowest BCUT2D eigenvalue weighted by Gasteiger charge is -2.31. The van der Waals surface area contributed by atoms with Crippen LogP contribution in [0.2, 0.25) is 5.02 Å². The molecule has 1 N–H and O–H groups in total. The van der Waals surface area contributed by atoms with Crippen LogP contribution >= 0.6 is 11.6 Å². The lowest BCUT2D eigenvalue weighted by atomic mass is 10.0. The highest BCUT2D eigenvalue weighted by molar-refractivity contribution is 6.31. The number of para-hydroxylation sites is 1. The van der Waals surface area contributed by atoms with E-state index in [1.165, 1.54) is 7.11 Å². The average molecular weight is 472 g/mol. The van der Waals surface area contributed by atoms with E-state index in [9.17, 15) is 9.59 Å². The number of methoxy groups -OCH3 is 1. The van der Waals surface area contributed by atoms with Gasteiger partial charge in [-0.1, -0.05) is 48.0 Å². The number of aromatic nitrogens is 1. The van der Waals surface area contributed by atoms with Gasteiger partial charge in [0.1, 0.15) is 6.04 Å². The molecule has 4 aromatic rings. The molecule has 5 rings (SSSR count). The fourth-order valence-electron chi connectivity index (χ4n) is 4.37. The van der Waals surface area contributed by atoms with E-state index in [0.717, 1.165) is 22.5 Å². The lowest BCUT2D eigenvalue weighted by Crippen LogP contribution is -2.38. The predicted molar refractivity (Wildman–Crippen MR) is 131 cm³/mol. The molecule has 1 aliphatic heterocycles. The largest absolute Gasteiger partial charge is 0.465 e. The zero-order chi connectivity index (χ0) is 23.7. The Morgan fingerprint density at radius 1 is 0.941 bits per heavy atom. The number of anilines is 1. The number of carbonyl (C=O) groups is 2. The number of fused-ring (bicyclic) bond motifs is 3. The van der Waals surface area contributed by atoms with Crippen molar-refractivity contribution in [3.05, 3.63) is 119 Å². The molecule has 0 spiro atoms. The Bertz CT molecular complexity index is 1360. The van der Waals surface area contributed by atoms with Crippen molar-refractivity contribution in [1.29, 1.82) is 0 Å². The third-order valence-electron chi connectivity index (χ3n) is 5.98. The molecular formula is C27H22ClN3O3. The van der Waals surface area contributed by atoms with Gasteiger partial charge in [-0.2, -0.15) is 0 Å².